The zero-order chi connectivity index (χ0) is 15.1. The Morgan fingerprint density at radius 1 is 0.850 bits per heavy atom. The summed E-state index contributed by atoms with van der Waals surface area (Å²) in [7, 11) is -2.44. The molecule has 6 nitrogen and oxygen atoms in total. The summed E-state index contributed by atoms with van der Waals surface area (Å²) in [6, 6.07) is 0.888. The summed E-state index contributed by atoms with van der Waals surface area (Å²) in [6.45, 7) is 8.46. The molecule has 0 saturated heterocycles. The topological polar surface area (TPSA) is 76.5 Å². The standard InChI is InChI=1S/C13H29N3O3Si/c1-4-17-20(18-5-2,19-6-3)13-11-9-7-8-10-12-15-16-14/h4-13H2,1-3H3. The second kappa shape index (κ2) is 13.4. The lowest BCUT2D eigenvalue weighted by molar-refractivity contribution is 0.0706. The van der Waals surface area contributed by atoms with Gasteiger partial charge in [-0.15, -0.1) is 0 Å². The molecular formula is C13H29N3O3Si. The SMILES string of the molecule is CCO[Si](CCCCCCCN=[N+]=[N-])(OCC)OCC. The number of hydrogen-bond acceptors (Lipinski definition) is 4. The molecule has 0 fully saturated rings. The van der Waals surface area contributed by atoms with Gasteiger partial charge in [-0.2, -0.15) is 0 Å². The molecular weight excluding hydrogens is 274 g/mol. The van der Waals surface area contributed by atoms with Crippen molar-refractivity contribution in [3.8, 4) is 0 Å². The first kappa shape index (κ1) is 19.4. The summed E-state index contributed by atoms with van der Waals surface area (Å²) < 4.78 is 17.4. The lowest BCUT2D eigenvalue weighted by Gasteiger charge is -2.28. The van der Waals surface area contributed by atoms with Crippen LogP contribution >= 0.6 is 0 Å². The monoisotopic (exact) mass is 303 g/mol. The van der Waals surface area contributed by atoms with E-state index in [1.165, 1.54) is 0 Å². The summed E-state index contributed by atoms with van der Waals surface area (Å²) in [5, 5.41) is 3.53. The average molecular weight is 303 g/mol. The van der Waals surface area contributed by atoms with Crippen molar-refractivity contribution in [3.63, 3.8) is 0 Å². The van der Waals surface area contributed by atoms with Gasteiger partial charge in [0, 0.05) is 37.3 Å². The quantitative estimate of drug-likeness (QED) is 0.158. The van der Waals surface area contributed by atoms with Crippen molar-refractivity contribution < 1.29 is 13.3 Å². The summed E-state index contributed by atoms with van der Waals surface area (Å²) in [6.07, 6.45) is 5.42. The van der Waals surface area contributed by atoms with Crippen molar-refractivity contribution in [2.45, 2.75) is 58.9 Å². The smallest absolute Gasteiger partial charge is 0.374 e. The van der Waals surface area contributed by atoms with Crippen molar-refractivity contribution in [2.24, 2.45) is 5.11 Å². The van der Waals surface area contributed by atoms with Crippen LogP contribution in [0.25, 0.3) is 10.4 Å². The molecule has 0 spiro atoms. The molecule has 0 aromatic carbocycles. The van der Waals surface area contributed by atoms with Crippen LogP contribution in [0.15, 0.2) is 5.11 Å². The average Bonchev–Trinajstić information content (AvgIpc) is 2.43. The van der Waals surface area contributed by atoms with E-state index >= 15 is 0 Å². The van der Waals surface area contributed by atoms with Crippen molar-refractivity contribution in [1.82, 2.24) is 0 Å². The fraction of sp³-hybridized carbons (Fsp3) is 1.00. The molecule has 0 aliphatic carbocycles. The van der Waals surface area contributed by atoms with Crippen LogP contribution in [0.5, 0.6) is 0 Å². The minimum Gasteiger partial charge on any atom is -0.374 e. The highest BCUT2D eigenvalue weighted by Crippen LogP contribution is 2.20. The van der Waals surface area contributed by atoms with Gasteiger partial charge in [0.05, 0.1) is 0 Å². The predicted molar refractivity (Wildman–Crippen MR) is 82.5 cm³/mol. The molecule has 0 aromatic rings. The first-order valence-electron chi connectivity index (χ1n) is 7.67. The summed E-state index contributed by atoms with van der Waals surface area (Å²) in [5.41, 5.74) is 8.17. The highest BCUT2D eigenvalue weighted by molar-refractivity contribution is 6.60. The summed E-state index contributed by atoms with van der Waals surface area (Å²) >= 11 is 0. The van der Waals surface area contributed by atoms with Crippen molar-refractivity contribution in [3.05, 3.63) is 10.4 Å². The van der Waals surface area contributed by atoms with E-state index in [1.807, 2.05) is 20.8 Å². The molecule has 0 aliphatic heterocycles. The molecule has 0 atom stereocenters. The van der Waals surface area contributed by atoms with Crippen molar-refractivity contribution in [1.29, 1.82) is 0 Å². The van der Waals surface area contributed by atoms with Gasteiger partial charge >= 0.3 is 8.80 Å². The Morgan fingerprint density at radius 2 is 1.35 bits per heavy atom. The van der Waals surface area contributed by atoms with Crippen molar-refractivity contribution in [2.75, 3.05) is 26.4 Å². The second-order valence-corrected chi connectivity index (χ2v) is 7.19. The molecule has 0 bridgehead atoms. The van der Waals surface area contributed by atoms with E-state index in [0.29, 0.717) is 26.4 Å². The largest absolute Gasteiger partial charge is 0.500 e. The Labute approximate surface area is 123 Å². The van der Waals surface area contributed by atoms with Gasteiger partial charge in [-0.3, -0.25) is 0 Å². The van der Waals surface area contributed by atoms with Crippen LogP contribution in [0, 0.1) is 0 Å². The minimum absolute atomic E-state index is 0.603. The molecule has 118 valence electrons. The van der Waals surface area contributed by atoms with Crippen LogP contribution in [0.1, 0.15) is 52.9 Å². The third-order valence-corrected chi connectivity index (χ3v) is 6.05. The van der Waals surface area contributed by atoms with Crippen LogP contribution in [0.2, 0.25) is 6.04 Å². The Morgan fingerprint density at radius 3 is 1.85 bits per heavy atom. The van der Waals surface area contributed by atoms with Crippen LogP contribution in [0.3, 0.4) is 0 Å². The maximum atomic E-state index is 8.17. The molecule has 20 heavy (non-hydrogen) atoms. The second-order valence-electron chi connectivity index (χ2n) is 4.45. The molecule has 0 aliphatic rings. The molecule has 0 amide bonds. The van der Waals surface area contributed by atoms with E-state index in [4.69, 9.17) is 18.8 Å². The number of nitrogens with zero attached hydrogens (tertiary/aromatic N) is 3. The highest BCUT2D eigenvalue weighted by atomic mass is 28.4. The van der Waals surface area contributed by atoms with Crippen LogP contribution in [0.4, 0.5) is 0 Å². The first-order chi connectivity index (χ1) is 9.74. The fourth-order valence-electron chi connectivity index (χ4n) is 2.10. The van der Waals surface area contributed by atoms with Gasteiger partial charge in [-0.25, -0.2) is 0 Å². The van der Waals surface area contributed by atoms with Crippen molar-refractivity contribution >= 4 is 8.80 Å². The Bertz CT molecular complexity index is 257. The maximum Gasteiger partial charge on any atom is 0.500 e. The lowest BCUT2D eigenvalue weighted by atomic mass is 10.1. The minimum atomic E-state index is -2.44. The first-order valence-corrected chi connectivity index (χ1v) is 9.60. The zero-order valence-electron chi connectivity index (χ0n) is 13.1. The molecule has 0 rings (SSSR count). The molecule has 0 radical (unpaired) electrons. The summed E-state index contributed by atoms with van der Waals surface area (Å²) in [5.74, 6) is 0. The molecule has 0 N–H and O–H groups in total. The molecule has 0 heterocycles. The number of azide groups is 1. The number of rotatable bonds is 14. The van der Waals surface area contributed by atoms with E-state index in [9.17, 15) is 0 Å². The Kier molecular flexibility index (Phi) is 13.0. The van der Waals surface area contributed by atoms with Gasteiger partial charge in [0.25, 0.3) is 0 Å². The van der Waals surface area contributed by atoms with Gasteiger partial charge in [0.2, 0.25) is 0 Å². The molecule has 0 unspecified atom stereocenters. The third kappa shape index (κ3) is 9.33. The highest BCUT2D eigenvalue weighted by Gasteiger charge is 2.39. The van der Waals surface area contributed by atoms with Crippen LogP contribution in [-0.4, -0.2) is 35.2 Å². The van der Waals surface area contributed by atoms with Gasteiger partial charge < -0.3 is 13.3 Å². The van der Waals surface area contributed by atoms with Gasteiger partial charge in [-0.1, -0.05) is 24.4 Å². The zero-order valence-corrected chi connectivity index (χ0v) is 14.1. The van der Waals surface area contributed by atoms with Gasteiger partial charge in [0.1, 0.15) is 0 Å². The molecule has 0 aromatic heterocycles. The number of hydrogen-bond donors (Lipinski definition) is 0. The predicted octanol–water partition coefficient (Wildman–Crippen LogP) is 4.30. The van der Waals surface area contributed by atoms with Crippen LogP contribution in [-0.2, 0) is 13.3 Å². The normalized spacial score (nSPS) is 11.3. The Hall–Kier alpha value is -0.593. The van der Waals surface area contributed by atoms with Gasteiger partial charge in [0.15, 0.2) is 0 Å². The van der Waals surface area contributed by atoms with E-state index in [-0.39, 0.29) is 0 Å². The maximum absolute atomic E-state index is 8.17. The van der Waals surface area contributed by atoms with E-state index in [0.717, 1.165) is 38.1 Å². The van der Waals surface area contributed by atoms with Crippen LogP contribution < -0.4 is 0 Å². The Balaban J connectivity index is 3.90. The summed E-state index contributed by atoms with van der Waals surface area (Å²) in [4.78, 5) is 2.74. The fourth-order valence-corrected chi connectivity index (χ4v) is 4.79. The molecule has 0 saturated carbocycles. The molecule has 7 heteroatoms. The van der Waals surface area contributed by atoms with E-state index in [2.05, 4.69) is 10.0 Å². The lowest BCUT2D eigenvalue weighted by Crippen LogP contribution is -2.45. The van der Waals surface area contributed by atoms with E-state index in [1.54, 1.807) is 0 Å². The third-order valence-electron chi connectivity index (χ3n) is 2.90. The van der Waals surface area contributed by atoms with E-state index < -0.39 is 8.80 Å². The number of unbranched alkanes of at least 4 members (excludes halogenated alkanes) is 4. The van der Waals surface area contributed by atoms with Gasteiger partial charge in [-0.05, 0) is 39.1 Å².